The van der Waals surface area contributed by atoms with E-state index in [2.05, 4.69) is 86.1 Å². The van der Waals surface area contributed by atoms with Gasteiger partial charge in [0, 0.05) is 6.92 Å². The Balaban J connectivity index is 1.40. The Bertz CT molecular complexity index is 1680. The zero-order valence-electron chi connectivity index (χ0n) is 27.6. The van der Waals surface area contributed by atoms with Crippen molar-refractivity contribution in [2.24, 2.45) is 0 Å². The Kier molecular flexibility index (Phi) is 9.29. The fourth-order valence-electron chi connectivity index (χ4n) is 6.88. The van der Waals surface area contributed by atoms with Gasteiger partial charge >= 0.3 is 0 Å². The van der Waals surface area contributed by atoms with E-state index in [1.807, 2.05) is 55.5 Å². The smallest absolute Gasteiger partial charge is 0.242 e. The number of aromatic nitrogens is 4. The van der Waals surface area contributed by atoms with Crippen LogP contribution in [0.4, 0.5) is 0 Å². The normalized spacial score (nSPS) is 21.5. The summed E-state index contributed by atoms with van der Waals surface area (Å²) in [5.41, 5.74) is 0.723. The topological polar surface area (TPSA) is 76.5 Å². The van der Waals surface area contributed by atoms with E-state index >= 15 is 0 Å². The molecule has 2 unspecified atom stereocenters. The van der Waals surface area contributed by atoms with Crippen LogP contribution in [0.15, 0.2) is 97.1 Å². The van der Waals surface area contributed by atoms with Gasteiger partial charge in [-0.05, 0) is 63.3 Å². The first-order valence-corrected chi connectivity index (χ1v) is 16.5. The van der Waals surface area contributed by atoms with Gasteiger partial charge in [-0.25, -0.2) is 9.97 Å². The van der Waals surface area contributed by atoms with Gasteiger partial charge < -0.3 is 9.47 Å². The lowest BCUT2D eigenvalue weighted by atomic mass is 9.87. The van der Waals surface area contributed by atoms with Gasteiger partial charge in [0.2, 0.25) is 18.1 Å². The summed E-state index contributed by atoms with van der Waals surface area (Å²) in [6.45, 7) is 14.1. The molecular weight excluding hydrogens is 572 g/mol. The summed E-state index contributed by atoms with van der Waals surface area (Å²) in [5.74, 6) is 2.40. The second-order valence-corrected chi connectivity index (χ2v) is 11.7. The van der Waals surface area contributed by atoms with Crippen LogP contribution in [0.2, 0.25) is 0 Å². The van der Waals surface area contributed by atoms with Gasteiger partial charge in [0.1, 0.15) is 11.1 Å². The molecule has 2 aromatic heterocycles. The number of allylic oxidation sites excluding steroid dienone is 4. The molecule has 8 nitrogen and oxygen atoms in total. The molecule has 0 N–H and O–H groups in total. The molecule has 2 aliphatic rings. The number of ether oxygens (including phenoxy) is 2. The minimum atomic E-state index is -0.699. The third kappa shape index (κ3) is 5.72. The first-order chi connectivity index (χ1) is 22.5. The Morgan fingerprint density at radius 3 is 1.39 bits per heavy atom. The van der Waals surface area contributed by atoms with Crippen LogP contribution in [0, 0.1) is 0 Å². The van der Waals surface area contributed by atoms with E-state index in [9.17, 15) is 0 Å². The number of hydrogen-bond donors (Lipinski definition) is 0. The van der Waals surface area contributed by atoms with Crippen LogP contribution in [0.1, 0.15) is 59.1 Å². The van der Waals surface area contributed by atoms with Crippen LogP contribution in [0.3, 0.4) is 0 Å². The standard InChI is InChI=1S/C38H44N6O2/c1-6-43(7-2)37(24-16-10-17-25-37)35-39-31-22-14-12-20-29(31)33(41-35)45-28(5)46-34-30-21-13-15-23-32(30)40-36(42-34)38(44(8-3)9-4)26-18-11-19-27-38/h10-24,26,28H,6-9,25,27H2,1-5H3. The number of nitrogens with zero attached hydrogens (tertiary/aromatic N) is 6. The average molecular weight is 617 g/mol. The van der Waals surface area contributed by atoms with Crippen LogP contribution >= 0.6 is 0 Å². The van der Waals surface area contributed by atoms with E-state index in [0.29, 0.717) is 23.4 Å². The maximum absolute atomic E-state index is 6.57. The number of hydrogen-bond acceptors (Lipinski definition) is 8. The quantitative estimate of drug-likeness (QED) is 0.152. The summed E-state index contributed by atoms with van der Waals surface area (Å²) in [7, 11) is 0. The summed E-state index contributed by atoms with van der Waals surface area (Å²) < 4.78 is 13.1. The molecule has 0 aliphatic heterocycles. The van der Waals surface area contributed by atoms with Crippen LogP contribution in [-0.4, -0.2) is 62.2 Å². The SMILES string of the molecule is CCN(CC)C1(c2nc(OC(C)Oc3nc(C4(N(CC)CC)C=CC=CC4)nc4ccccc34)c3ccccc3n2)C=CC=CC1. The van der Waals surface area contributed by atoms with E-state index in [0.717, 1.165) is 60.8 Å². The van der Waals surface area contributed by atoms with Gasteiger partial charge in [0.15, 0.2) is 11.6 Å². The summed E-state index contributed by atoms with van der Waals surface area (Å²) >= 11 is 0. The van der Waals surface area contributed by atoms with Gasteiger partial charge in [0.05, 0.1) is 21.8 Å². The molecule has 8 heteroatoms. The maximum atomic E-state index is 6.57. The van der Waals surface area contributed by atoms with Crippen LogP contribution < -0.4 is 9.47 Å². The highest BCUT2D eigenvalue weighted by molar-refractivity contribution is 5.84. The number of likely N-dealkylation sites (N-methyl/N-ethyl adjacent to an activating group) is 2. The number of rotatable bonds is 12. The molecule has 2 aromatic carbocycles. The Hall–Kier alpha value is -4.40. The van der Waals surface area contributed by atoms with E-state index in [1.54, 1.807) is 0 Å². The second-order valence-electron chi connectivity index (χ2n) is 11.7. The van der Waals surface area contributed by atoms with Crippen LogP contribution in [-0.2, 0) is 11.1 Å². The molecule has 2 aliphatic carbocycles. The van der Waals surface area contributed by atoms with Crippen molar-refractivity contribution in [3.05, 3.63) is 109 Å². The van der Waals surface area contributed by atoms with Crippen molar-refractivity contribution in [2.45, 2.75) is 64.8 Å². The van der Waals surface area contributed by atoms with Crippen molar-refractivity contribution in [1.82, 2.24) is 29.7 Å². The summed E-state index contributed by atoms with van der Waals surface area (Å²) in [6.07, 6.45) is 18.0. The van der Waals surface area contributed by atoms with Crippen molar-refractivity contribution in [3.63, 3.8) is 0 Å². The first-order valence-electron chi connectivity index (χ1n) is 16.5. The minimum absolute atomic E-state index is 0.469. The van der Waals surface area contributed by atoms with E-state index in [-0.39, 0.29) is 0 Å². The number of benzene rings is 2. The maximum Gasteiger partial charge on any atom is 0.242 e. The highest BCUT2D eigenvalue weighted by atomic mass is 16.7. The van der Waals surface area contributed by atoms with Crippen LogP contribution in [0.25, 0.3) is 21.8 Å². The Morgan fingerprint density at radius 2 is 1.02 bits per heavy atom. The van der Waals surface area contributed by atoms with E-state index < -0.39 is 17.4 Å². The molecule has 0 fully saturated rings. The Labute approximate surface area is 272 Å². The molecule has 6 rings (SSSR count). The van der Waals surface area contributed by atoms with Crippen molar-refractivity contribution < 1.29 is 9.47 Å². The fourth-order valence-corrected chi connectivity index (χ4v) is 6.88. The largest absolute Gasteiger partial charge is 0.437 e. The number of para-hydroxylation sites is 2. The highest BCUT2D eigenvalue weighted by Crippen LogP contribution is 2.39. The summed E-state index contributed by atoms with van der Waals surface area (Å²) in [6, 6.07) is 16.0. The van der Waals surface area contributed by atoms with Gasteiger partial charge in [0.25, 0.3) is 0 Å². The molecule has 0 bridgehead atoms. The molecule has 0 radical (unpaired) electrons. The molecule has 0 spiro atoms. The summed E-state index contributed by atoms with van der Waals surface area (Å²) in [5, 5.41) is 1.67. The molecule has 4 aromatic rings. The predicted molar refractivity (Wildman–Crippen MR) is 185 cm³/mol. The molecule has 46 heavy (non-hydrogen) atoms. The molecule has 238 valence electrons. The molecular formula is C38H44N6O2. The summed E-state index contributed by atoms with van der Waals surface area (Å²) in [4.78, 5) is 25.2. The highest BCUT2D eigenvalue weighted by Gasteiger charge is 2.40. The predicted octanol–water partition coefficient (Wildman–Crippen LogP) is 7.48. The monoisotopic (exact) mass is 616 g/mol. The van der Waals surface area contributed by atoms with Crippen molar-refractivity contribution in [2.75, 3.05) is 26.2 Å². The lowest BCUT2D eigenvalue weighted by Gasteiger charge is -2.40. The average Bonchev–Trinajstić information content (AvgIpc) is 3.10. The zero-order chi connectivity index (χ0) is 32.1. The van der Waals surface area contributed by atoms with Crippen molar-refractivity contribution in [3.8, 4) is 11.8 Å². The first kappa shape index (κ1) is 31.6. The van der Waals surface area contributed by atoms with Gasteiger partial charge in [-0.1, -0.05) is 101 Å². The third-order valence-corrected chi connectivity index (χ3v) is 9.22. The molecule has 2 atom stereocenters. The fraction of sp³-hybridized carbons (Fsp3) is 0.368. The molecule has 0 amide bonds. The van der Waals surface area contributed by atoms with Crippen molar-refractivity contribution >= 4 is 21.8 Å². The van der Waals surface area contributed by atoms with Crippen LogP contribution in [0.5, 0.6) is 11.8 Å². The van der Waals surface area contributed by atoms with E-state index in [4.69, 9.17) is 29.4 Å². The second kappa shape index (κ2) is 13.5. The van der Waals surface area contributed by atoms with E-state index in [1.165, 1.54) is 0 Å². The Morgan fingerprint density at radius 1 is 0.609 bits per heavy atom. The number of fused-ring (bicyclic) bond motifs is 2. The zero-order valence-corrected chi connectivity index (χ0v) is 27.6. The third-order valence-electron chi connectivity index (χ3n) is 9.22. The lowest BCUT2D eigenvalue weighted by Crippen LogP contribution is -2.46. The van der Waals surface area contributed by atoms with Gasteiger partial charge in [-0.15, -0.1) is 0 Å². The van der Waals surface area contributed by atoms with Gasteiger partial charge in [-0.2, -0.15) is 9.97 Å². The molecule has 0 saturated heterocycles. The molecule has 2 heterocycles. The lowest BCUT2D eigenvalue weighted by molar-refractivity contribution is 0.0160. The van der Waals surface area contributed by atoms with Crippen molar-refractivity contribution in [1.29, 1.82) is 0 Å². The molecule has 0 saturated carbocycles. The van der Waals surface area contributed by atoms with Gasteiger partial charge in [-0.3, -0.25) is 9.80 Å². The minimum Gasteiger partial charge on any atom is -0.437 e.